The number of hydrogen-bond donors (Lipinski definition) is 2. The molecule has 1 aliphatic heterocycles. The first-order valence-corrected chi connectivity index (χ1v) is 9.68. The SMILES string of the molecule is O=C(CCNC(=O)c1ccc(Cl)cc1)Nc1ccc(N2CCCCC2)cc1. The molecule has 2 amide bonds. The van der Waals surface area contributed by atoms with Crippen molar-refractivity contribution in [1.82, 2.24) is 5.32 Å². The normalized spacial score (nSPS) is 13.9. The van der Waals surface area contributed by atoms with Gasteiger partial charge in [-0.2, -0.15) is 0 Å². The van der Waals surface area contributed by atoms with Gasteiger partial charge in [0.25, 0.3) is 5.91 Å². The minimum atomic E-state index is -0.217. The van der Waals surface area contributed by atoms with Crippen LogP contribution in [0.2, 0.25) is 5.02 Å². The number of piperidine rings is 1. The van der Waals surface area contributed by atoms with E-state index >= 15 is 0 Å². The summed E-state index contributed by atoms with van der Waals surface area (Å²) in [6, 6.07) is 14.6. The molecule has 1 saturated heterocycles. The summed E-state index contributed by atoms with van der Waals surface area (Å²) in [6.45, 7) is 2.47. The van der Waals surface area contributed by atoms with E-state index < -0.39 is 0 Å². The largest absolute Gasteiger partial charge is 0.372 e. The van der Waals surface area contributed by atoms with Gasteiger partial charge in [-0.3, -0.25) is 9.59 Å². The summed E-state index contributed by atoms with van der Waals surface area (Å²) >= 11 is 5.81. The summed E-state index contributed by atoms with van der Waals surface area (Å²) in [5, 5.41) is 6.19. The predicted octanol–water partition coefficient (Wildman–Crippen LogP) is 4.09. The maximum Gasteiger partial charge on any atom is 0.251 e. The van der Waals surface area contributed by atoms with Crippen LogP contribution in [0.1, 0.15) is 36.0 Å². The van der Waals surface area contributed by atoms with E-state index in [-0.39, 0.29) is 24.8 Å². The van der Waals surface area contributed by atoms with Gasteiger partial charge in [-0.1, -0.05) is 11.6 Å². The first kappa shape index (κ1) is 19.2. The van der Waals surface area contributed by atoms with E-state index in [1.54, 1.807) is 24.3 Å². The highest BCUT2D eigenvalue weighted by molar-refractivity contribution is 6.30. The Hall–Kier alpha value is -2.53. The van der Waals surface area contributed by atoms with E-state index in [2.05, 4.69) is 15.5 Å². The molecule has 0 bridgehead atoms. The lowest BCUT2D eigenvalue weighted by Crippen LogP contribution is -2.29. The Bertz CT molecular complexity index is 769. The van der Waals surface area contributed by atoms with Crippen molar-refractivity contribution in [2.75, 3.05) is 29.9 Å². The zero-order valence-corrected chi connectivity index (χ0v) is 16.0. The van der Waals surface area contributed by atoms with Crippen LogP contribution in [0.3, 0.4) is 0 Å². The molecule has 0 aliphatic carbocycles. The second kappa shape index (κ2) is 9.42. The second-order valence-electron chi connectivity index (χ2n) is 6.66. The number of benzene rings is 2. The molecule has 0 aromatic heterocycles. The van der Waals surface area contributed by atoms with E-state index in [1.165, 1.54) is 24.9 Å². The van der Waals surface area contributed by atoms with E-state index in [0.29, 0.717) is 10.6 Å². The average molecular weight is 386 g/mol. The van der Waals surface area contributed by atoms with E-state index in [1.807, 2.05) is 24.3 Å². The Morgan fingerprint density at radius 2 is 1.59 bits per heavy atom. The van der Waals surface area contributed by atoms with Crippen LogP contribution in [0, 0.1) is 0 Å². The minimum Gasteiger partial charge on any atom is -0.372 e. The van der Waals surface area contributed by atoms with Crippen molar-refractivity contribution in [2.24, 2.45) is 0 Å². The fraction of sp³-hybridized carbons (Fsp3) is 0.333. The van der Waals surface area contributed by atoms with Gasteiger partial charge in [-0.15, -0.1) is 0 Å². The molecule has 1 fully saturated rings. The number of amides is 2. The molecular formula is C21H24ClN3O2. The molecule has 0 spiro atoms. The van der Waals surface area contributed by atoms with E-state index in [0.717, 1.165) is 18.8 Å². The number of nitrogens with one attached hydrogen (secondary N) is 2. The summed E-state index contributed by atoms with van der Waals surface area (Å²) in [5.41, 5.74) is 2.49. The van der Waals surface area contributed by atoms with Crippen molar-refractivity contribution in [2.45, 2.75) is 25.7 Å². The zero-order valence-electron chi connectivity index (χ0n) is 15.2. The Morgan fingerprint density at radius 3 is 2.26 bits per heavy atom. The highest BCUT2D eigenvalue weighted by Gasteiger charge is 2.11. The van der Waals surface area contributed by atoms with Gasteiger partial charge in [0.05, 0.1) is 0 Å². The van der Waals surface area contributed by atoms with Crippen LogP contribution >= 0.6 is 11.6 Å². The molecular weight excluding hydrogens is 362 g/mol. The number of rotatable bonds is 6. The predicted molar refractivity (Wildman–Crippen MR) is 110 cm³/mol. The molecule has 0 atom stereocenters. The number of hydrogen-bond acceptors (Lipinski definition) is 3. The van der Waals surface area contributed by atoms with E-state index in [4.69, 9.17) is 11.6 Å². The Labute approximate surface area is 164 Å². The molecule has 142 valence electrons. The van der Waals surface area contributed by atoms with Crippen molar-refractivity contribution < 1.29 is 9.59 Å². The lowest BCUT2D eigenvalue weighted by Gasteiger charge is -2.28. The van der Waals surface area contributed by atoms with Crippen LogP contribution in [0.25, 0.3) is 0 Å². The van der Waals surface area contributed by atoms with Gasteiger partial charge in [0.2, 0.25) is 5.91 Å². The van der Waals surface area contributed by atoms with Gasteiger partial charge < -0.3 is 15.5 Å². The lowest BCUT2D eigenvalue weighted by molar-refractivity contribution is -0.116. The molecule has 3 rings (SSSR count). The summed E-state index contributed by atoms with van der Waals surface area (Å²) in [7, 11) is 0. The van der Waals surface area contributed by atoms with Gasteiger partial charge in [0.1, 0.15) is 0 Å². The van der Waals surface area contributed by atoms with Crippen LogP contribution in [0.5, 0.6) is 0 Å². The summed E-state index contributed by atoms with van der Waals surface area (Å²) in [6.07, 6.45) is 3.99. The highest BCUT2D eigenvalue weighted by atomic mass is 35.5. The second-order valence-corrected chi connectivity index (χ2v) is 7.09. The first-order chi connectivity index (χ1) is 13.1. The maximum atomic E-state index is 12.1. The van der Waals surface area contributed by atoms with Gasteiger partial charge in [0.15, 0.2) is 0 Å². The highest BCUT2D eigenvalue weighted by Crippen LogP contribution is 2.21. The molecule has 27 heavy (non-hydrogen) atoms. The smallest absolute Gasteiger partial charge is 0.251 e. The topological polar surface area (TPSA) is 61.4 Å². The lowest BCUT2D eigenvalue weighted by atomic mass is 10.1. The Morgan fingerprint density at radius 1 is 0.926 bits per heavy atom. The third kappa shape index (κ3) is 5.73. The van der Waals surface area contributed by atoms with Crippen LogP contribution < -0.4 is 15.5 Å². The quantitative estimate of drug-likeness (QED) is 0.787. The summed E-state index contributed by atoms with van der Waals surface area (Å²) in [4.78, 5) is 26.4. The molecule has 1 heterocycles. The van der Waals surface area contributed by atoms with Crippen molar-refractivity contribution in [3.05, 3.63) is 59.1 Å². The number of nitrogens with zero attached hydrogens (tertiary/aromatic N) is 1. The van der Waals surface area contributed by atoms with Gasteiger partial charge in [-0.25, -0.2) is 0 Å². The summed E-state index contributed by atoms with van der Waals surface area (Å²) < 4.78 is 0. The van der Waals surface area contributed by atoms with E-state index in [9.17, 15) is 9.59 Å². The Balaban J connectivity index is 1.42. The number of anilines is 2. The standard InChI is InChI=1S/C21H24ClN3O2/c22-17-6-4-16(5-7-17)21(27)23-13-12-20(26)24-18-8-10-19(11-9-18)25-14-2-1-3-15-25/h4-11H,1-3,12-15H2,(H,23,27)(H,24,26). The molecule has 6 heteroatoms. The third-order valence-electron chi connectivity index (χ3n) is 4.62. The fourth-order valence-corrected chi connectivity index (χ4v) is 3.25. The number of halogens is 1. The van der Waals surface area contributed by atoms with Crippen molar-refractivity contribution in [1.29, 1.82) is 0 Å². The van der Waals surface area contributed by atoms with Gasteiger partial charge >= 0.3 is 0 Å². The van der Waals surface area contributed by atoms with Crippen LogP contribution in [-0.2, 0) is 4.79 Å². The van der Waals surface area contributed by atoms with Crippen molar-refractivity contribution >= 4 is 34.8 Å². The average Bonchev–Trinajstić information content (AvgIpc) is 2.69. The van der Waals surface area contributed by atoms with Gasteiger partial charge in [-0.05, 0) is 67.8 Å². The van der Waals surface area contributed by atoms with Crippen LogP contribution in [0.15, 0.2) is 48.5 Å². The molecule has 2 aromatic rings. The Kier molecular flexibility index (Phi) is 6.71. The molecule has 5 nitrogen and oxygen atoms in total. The molecule has 0 saturated carbocycles. The van der Waals surface area contributed by atoms with Gasteiger partial charge in [0, 0.05) is 48.0 Å². The molecule has 2 aromatic carbocycles. The first-order valence-electron chi connectivity index (χ1n) is 9.30. The fourth-order valence-electron chi connectivity index (χ4n) is 3.12. The maximum absolute atomic E-state index is 12.1. The van der Waals surface area contributed by atoms with Crippen LogP contribution in [-0.4, -0.2) is 31.4 Å². The zero-order chi connectivity index (χ0) is 19.1. The molecule has 0 unspecified atom stereocenters. The van der Waals surface area contributed by atoms with Crippen LogP contribution in [0.4, 0.5) is 11.4 Å². The van der Waals surface area contributed by atoms with Crippen molar-refractivity contribution in [3.63, 3.8) is 0 Å². The van der Waals surface area contributed by atoms with Crippen molar-refractivity contribution in [3.8, 4) is 0 Å². The summed E-state index contributed by atoms with van der Waals surface area (Å²) in [5.74, 6) is -0.345. The molecule has 1 aliphatic rings. The number of carbonyl (C=O) groups is 2. The number of carbonyl (C=O) groups excluding carboxylic acids is 2. The molecule has 0 radical (unpaired) electrons. The monoisotopic (exact) mass is 385 g/mol. The molecule has 2 N–H and O–H groups in total. The third-order valence-corrected chi connectivity index (χ3v) is 4.87. The minimum absolute atomic E-state index is 0.128.